The van der Waals surface area contributed by atoms with Crippen LogP contribution in [0.5, 0.6) is 0 Å². The zero-order valence-corrected chi connectivity index (χ0v) is 13.4. The molecular formula is C19H25NO2. The second kappa shape index (κ2) is 8.08. The van der Waals surface area contributed by atoms with E-state index in [1.165, 1.54) is 16.7 Å². The van der Waals surface area contributed by atoms with E-state index < -0.39 is 6.10 Å². The number of nitrogens with zero attached hydrogens (tertiary/aromatic N) is 1. The molecule has 0 spiro atoms. The molecule has 118 valence electrons. The highest BCUT2D eigenvalue weighted by molar-refractivity contribution is 5.31. The maximum atomic E-state index is 10.5. The molecule has 0 aliphatic rings. The molecule has 2 rings (SSSR count). The van der Waals surface area contributed by atoms with Crippen molar-refractivity contribution in [3.8, 4) is 0 Å². The molecule has 3 nitrogen and oxygen atoms in total. The summed E-state index contributed by atoms with van der Waals surface area (Å²) in [5.41, 5.74) is 4.53. The van der Waals surface area contributed by atoms with E-state index in [1.54, 1.807) is 0 Å². The SMILES string of the molecule is Cc1ccc(C(O)CN(CCO)Cc2ccccc2)cc1C. The predicted molar refractivity (Wildman–Crippen MR) is 89.7 cm³/mol. The standard InChI is InChI=1S/C19H25NO2/c1-15-8-9-18(12-16(15)2)19(22)14-20(10-11-21)13-17-6-4-3-5-7-17/h3-9,12,19,21-22H,10-11,13-14H2,1-2H3. The van der Waals surface area contributed by atoms with Crippen molar-refractivity contribution in [3.05, 3.63) is 70.8 Å². The van der Waals surface area contributed by atoms with Gasteiger partial charge >= 0.3 is 0 Å². The third-order valence-corrected chi connectivity index (χ3v) is 4.01. The normalized spacial score (nSPS) is 12.6. The van der Waals surface area contributed by atoms with Crippen LogP contribution in [0.2, 0.25) is 0 Å². The molecule has 0 radical (unpaired) electrons. The maximum absolute atomic E-state index is 10.5. The van der Waals surface area contributed by atoms with Crippen molar-refractivity contribution in [1.29, 1.82) is 0 Å². The Morgan fingerprint density at radius 3 is 2.36 bits per heavy atom. The molecule has 0 heterocycles. The minimum atomic E-state index is -0.547. The Bertz CT molecular complexity index is 583. The van der Waals surface area contributed by atoms with Crippen LogP contribution < -0.4 is 0 Å². The number of aryl methyl sites for hydroxylation is 2. The van der Waals surface area contributed by atoms with Crippen LogP contribution in [-0.4, -0.2) is 34.8 Å². The molecule has 2 N–H and O–H groups in total. The summed E-state index contributed by atoms with van der Waals surface area (Å²) in [7, 11) is 0. The van der Waals surface area contributed by atoms with E-state index in [2.05, 4.69) is 30.9 Å². The zero-order chi connectivity index (χ0) is 15.9. The van der Waals surface area contributed by atoms with E-state index in [1.807, 2.05) is 36.4 Å². The molecule has 0 saturated heterocycles. The summed E-state index contributed by atoms with van der Waals surface area (Å²) in [6.45, 7) is 6.00. The molecule has 0 aliphatic heterocycles. The van der Waals surface area contributed by atoms with Gasteiger partial charge in [0.2, 0.25) is 0 Å². The highest BCUT2D eigenvalue weighted by Crippen LogP contribution is 2.19. The number of rotatable bonds is 7. The molecule has 2 aromatic carbocycles. The number of aliphatic hydroxyl groups is 2. The fourth-order valence-corrected chi connectivity index (χ4v) is 2.54. The van der Waals surface area contributed by atoms with Crippen LogP contribution >= 0.6 is 0 Å². The van der Waals surface area contributed by atoms with Gasteiger partial charge in [-0.15, -0.1) is 0 Å². The van der Waals surface area contributed by atoms with Crippen LogP contribution in [0.4, 0.5) is 0 Å². The van der Waals surface area contributed by atoms with Crippen LogP contribution in [0.15, 0.2) is 48.5 Å². The van der Waals surface area contributed by atoms with Crippen LogP contribution in [0.25, 0.3) is 0 Å². The van der Waals surface area contributed by atoms with Crippen molar-refractivity contribution < 1.29 is 10.2 Å². The first-order chi connectivity index (χ1) is 10.6. The van der Waals surface area contributed by atoms with Gasteiger partial charge in [0, 0.05) is 19.6 Å². The van der Waals surface area contributed by atoms with Gasteiger partial charge in [-0.3, -0.25) is 4.90 Å². The Kier molecular flexibility index (Phi) is 6.13. The summed E-state index contributed by atoms with van der Waals surface area (Å²) in [5.74, 6) is 0. The summed E-state index contributed by atoms with van der Waals surface area (Å²) >= 11 is 0. The molecule has 22 heavy (non-hydrogen) atoms. The van der Waals surface area contributed by atoms with Gasteiger partial charge in [-0.1, -0.05) is 48.5 Å². The molecular weight excluding hydrogens is 274 g/mol. The quantitative estimate of drug-likeness (QED) is 0.826. The Balaban J connectivity index is 2.04. The number of hydrogen-bond acceptors (Lipinski definition) is 3. The van der Waals surface area contributed by atoms with E-state index in [-0.39, 0.29) is 6.61 Å². The third kappa shape index (κ3) is 4.67. The van der Waals surface area contributed by atoms with Gasteiger partial charge in [0.05, 0.1) is 12.7 Å². The second-order valence-corrected chi connectivity index (χ2v) is 5.80. The van der Waals surface area contributed by atoms with Crippen molar-refractivity contribution in [2.45, 2.75) is 26.5 Å². The zero-order valence-electron chi connectivity index (χ0n) is 13.4. The molecule has 1 unspecified atom stereocenters. The molecule has 0 aliphatic carbocycles. The molecule has 0 fully saturated rings. The lowest BCUT2D eigenvalue weighted by atomic mass is 10.0. The number of aliphatic hydroxyl groups excluding tert-OH is 2. The average Bonchev–Trinajstić information content (AvgIpc) is 2.51. The Morgan fingerprint density at radius 1 is 1.00 bits per heavy atom. The first-order valence-corrected chi connectivity index (χ1v) is 7.72. The Labute approximate surface area is 132 Å². The van der Waals surface area contributed by atoms with Gasteiger partial charge in [0.15, 0.2) is 0 Å². The lowest BCUT2D eigenvalue weighted by Gasteiger charge is -2.25. The lowest BCUT2D eigenvalue weighted by molar-refractivity contribution is 0.0956. The Morgan fingerprint density at radius 2 is 1.73 bits per heavy atom. The minimum Gasteiger partial charge on any atom is -0.395 e. The molecule has 3 heteroatoms. The summed E-state index contributed by atoms with van der Waals surface area (Å²) in [5, 5.41) is 19.7. The molecule has 2 aromatic rings. The van der Waals surface area contributed by atoms with E-state index in [9.17, 15) is 10.2 Å². The molecule has 0 saturated carbocycles. The summed E-state index contributed by atoms with van der Waals surface area (Å²) < 4.78 is 0. The molecule has 0 bridgehead atoms. The summed E-state index contributed by atoms with van der Waals surface area (Å²) in [4.78, 5) is 2.08. The number of benzene rings is 2. The van der Waals surface area contributed by atoms with E-state index in [0.717, 1.165) is 12.1 Å². The minimum absolute atomic E-state index is 0.0898. The molecule has 0 amide bonds. The molecule has 0 aromatic heterocycles. The number of hydrogen-bond donors (Lipinski definition) is 2. The first kappa shape index (κ1) is 16.7. The van der Waals surface area contributed by atoms with E-state index in [4.69, 9.17) is 0 Å². The van der Waals surface area contributed by atoms with Gasteiger partial charge in [-0.25, -0.2) is 0 Å². The summed E-state index contributed by atoms with van der Waals surface area (Å²) in [6.07, 6.45) is -0.547. The predicted octanol–water partition coefficient (Wildman–Crippen LogP) is 2.83. The van der Waals surface area contributed by atoms with Crippen molar-refractivity contribution >= 4 is 0 Å². The Hall–Kier alpha value is -1.68. The largest absolute Gasteiger partial charge is 0.395 e. The van der Waals surface area contributed by atoms with Crippen LogP contribution in [0.3, 0.4) is 0 Å². The highest BCUT2D eigenvalue weighted by atomic mass is 16.3. The maximum Gasteiger partial charge on any atom is 0.0917 e. The van der Waals surface area contributed by atoms with Gasteiger partial charge in [-0.2, -0.15) is 0 Å². The average molecular weight is 299 g/mol. The molecule has 1 atom stereocenters. The van der Waals surface area contributed by atoms with Crippen molar-refractivity contribution in [2.75, 3.05) is 19.7 Å². The van der Waals surface area contributed by atoms with E-state index >= 15 is 0 Å². The monoisotopic (exact) mass is 299 g/mol. The van der Waals surface area contributed by atoms with Crippen LogP contribution in [-0.2, 0) is 6.54 Å². The van der Waals surface area contributed by atoms with Crippen molar-refractivity contribution in [2.24, 2.45) is 0 Å². The van der Waals surface area contributed by atoms with E-state index in [0.29, 0.717) is 13.1 Å². The third-order valence-electron chi connectivity index (χ3n) is 4.01. The smallest absolute Gasteiger partial charge is 0.0917 e. The highest BCUT2D eigenvalue weighted by Gasteiger charge is 2.14. The van der Waals surface area contributed by atoms with Gasteiger partial charge in [0.1, 0.15) is 0 Å². The van der Waals surface area contributed by atoms with Gasteiger partial charge in [0.25, 0.3) is 0 Å². The van der Waals surface area contributed by atoms with Crippen LogP contribution in [0, 0.1) is 13.8 Å². The van der Waals surface area contributed by atoms with Gasteiger partial charge in [-0.05, 0) is 36.1 Å². The van der Waals surface area contributed by atoms with Crippen molar-refractivity contribution in [3.63, 3.8) is 0 Å². The lowest BCUT2D eigenvalue weighted by Crippen LogP contribution is -2.31. The summed E-state index contributed by atoms with van der Waals surface area (Å²) in [6, 6.07) is 16.2. The van der Waals surface area contributed by atoms with Crippen molar-refractivity contribution in [1.82, 2.24) is 4.90 Å². The first-order valence-electron chi connectivity index (χ1n) is 7.72. The fourth-order valence-electron chi connectivity index (χ4n) is 2.54. The van der Waals surface area contributed by atoms with Crippen LogP contribution in [0.1, 0.15) is 28.4 Å². The van der Waals surface area contributed by atoms with Gasteiger partial charge < -0.3 is 10.2 Å². The second-order valence-electron chi connectivity index (χ2n) is 5.80. The topological polar surface area (TPSA) is 43.7 Å². The fraction of sp³-hybridized carbons (Fsp3) is 0.368.